The van der Waals surface area contributed by atoms with Crippen molar-refractivity contribution in [1.29, 1.82) is 0 Å². The monoisotopic (exact) mass is 492 g/mol. The van der Waals surface area contributed by atoms with Crippen LogP contribution in [0.3, 0.4) is 0 Å². The van der Waals surface area contributed by atoms with Gasteiger partial charge in [0.05, 0.1) is 36.6 Å². The molecule has 3 aliphatic heterocycles. The Morgan fingerprint density at radius 2 is 1.85 bits per heavy atom. The maximum Gasteiger partial charge on any atom is 0.192 e. The summed E-state index contributed by atoms with van der Waals surface area (Å²) in [5.41, 5.74) is 0.566. The summed E-state index contributed by atoms with van der Waals surface area (Å²) in [4.78, 5) is 0. The van der Waals surface area contributed by atoms with Gasteiger partial charge in [0.2, 0.25) is 0 Å². The van der Waals surface area contributed by atoms with E-state index in [-0.39, 0.29) is 54.4 Å². The second-order valence-electron chi connectivity index (χ2n) is 12.3. The first-order valence-corrected chi connectivity index (χ1v) is 15.8. The van der Waals surface area contributed by atoms with Crippen molar-refractivity contribution in [1.82, 2.24) is 0 Å². The molecule has 0 bridgehead atoms. The lowest BCUT2D eigenvalue weighted by Crippen LogP contribution is -2.65. The van der Waals surface area contributed by atoms with Crippen molar-refractivity contribution < 1.29 is 28.5 Å². The van der Waals surface area contributed by atoms with Crippen molar-refractivity contribution in [3.05, 3.63) is 35.9 Å². The highest BCUT2D eigenvalue weighted by atomic mass is 28.4. The topological polar surface area (TPSA) is 66.4 Å². The third-order valence-electron chi connectivity index (χ3n) is 8.30. The van der Waals surface area contributed by atoms with Gasteiger partial charge in [-0.3, -0.25) is 0 Å². The Morgan fingerprint density at radius 3 is 2.50 bits per heavy atom. The Kier molecular flexibility index (Phi) is 7.67. The summed E-state index contributed by atoms with van der Waals surface area (Å²) in [7, 11) is -2.01. The highest BCUT2D eigenvalue weighted by molar-refractivity contribution is 6.74. The molecule has 4 rings (SSSR count). The zero-order chi connectivity index (χ0) is 24.7. The molecular weight excluding hydrogens is 448 g/mol. The van der Waals surface area contributed by atoms with Gasteiger partial charge in [0.25, 0.3) is 0 Å². The quantitative estimate of drug-likeness (QED) is 0.550. The molecule has 1 aromatic carbocycles. The molecule has 0 spiro atoms. The molecule has 34 heavy (non-hydrogen) atoms. The van der Waals surface area contributed by atoms with Crippen LogP contribution in [-0.4, -0.2) is 62.8 Å². The maximum absolute atomic E-state index is 9.74. The normalized spacial score (nSPS) is 37.5. The van der Waals surface area contributed by atoms with Crippen LogP contribution in [0.5, 0.6) is 0 Å². The molecule has 6 nitrogen and oxygen atoms in total. The number of aliphatic hydroxyl groups is 1. The van der Waals surface area contributed by atoms with Crippen molar-refractivity contribution in [3.63, 3.8) is 0 Å². The molecule has 8 atom stereocenters. The average molecular weight is 493 g/mol. The van der Waals surface area contributed by atoms with Gasteiger partial charge in [0.15, 0.2) is 14.6 Å². The van der Waals surface area contributed by atoms with Gasteiger partial charge in [-0.1, -0.05) is 58.0 Å². The standard InChI is InChI=1S/C27H44O6Si/c1-18(16-28)13-20-22(33-34(6,7)26(2,3)4)15-27(5)24(30-20)14-21-23(32-27)17-29-25(31-21)19-11-9-8-10-12-19/h8-12,18,20-25,28H,13-17H2,1-7H3/t18-,20+,21+,22-,23-,24-,25-,27+/m1/s1. The molecule has 1 N–H and O–H groups in total. The smallest absolute Gasteiger partial charge is 0.192 e. The average Bonchev–Trinajstić information content (AvgIpc) is 2.77. The summed E-state index contributed by atoms with van der Waals surface area (Å²) in [5, 5.41) is 9.85. The largest absolute Gasteiger partial charge is 0.411 e. The lowest BCUT2D eigenvalue weighted by atomic mass is 9.79. The second-order valence-corrected chi connectivity index (χ2v) is 17.0. The van der Waals surface area contributed by atoms with E-state index in [0.717, 1.165) is 24.8 Å². The van der Waals surface area contributed by atoms with E-state index in [0.29, 0.717) is 6.61 Å². The highest BCUT2D eigenvalue weighted by Crippen LogP contribution is 2.47. The lowest BCUT2D eigenvalue weighted by molar-refractivity contribution is -0.345. The molecule has 0 radical (unpaired) electrons. The Bertz CT molecular complexity index is 811. The molecule has 3 heterocycles. The first kappa shape index (κ1) is 26.3. The summed E-state index contributed by atoms with van der Waals surface area (Å²) in [6, 6.07) is 10.1. The number of rotatable bonds is 6. The van der Waals surface area contributed by atoms with Gasteiger partial charge in [0.1, 0.15) is 6.10 Å². The van der Waals surface area contributed by atoms with Crippen molar-refractivity contribution in [2.45, 2.75) is 114 Å². The number of fused-ring (bicyclic) bond motifs is 2. The van der Waals surface area contributed by atoms with Crippen LogP contribution in [0.25, 0.3) is 0 Å². The Balaban J connectivity index is 1.51. The highest BCUT2D eigenvalue weighted by Gasteiger charge is 2.56. The zero-order valence-corrected chi connectivity index (χ0v) is 23.0. The number of hydrogen-bond acceptors (Lipinski definition) is 6. The Hall–Kier alpha value is -0.803. The van der Waals surface area contributed by atoms with E-state index in [1.807, 2.05) is 30.3 Å². The minimum absolute atomic E-state index is 0.0600. The summed E-state index contributed by atoms with van der Waals surface area (Å²) < 4.78 is 32.8. The molecule has 3 saturated heterocycles. The van der Waals surface area contributed by atoms with Gasteiger partial charge in [-0.15, -0.1) is 0 Å². The van der Waals surface area contributed by atoms with Crippen LogP contribution in [-0.2, 0) is 23.4 Å². The predicted molar refractivity (Wildman–Crippen MR) is 134 cm³/mol. The maximum atomic E-state index is 9.74. The number of aliphatic hydroxyl groups excluding tert-OH is 1. The number of hydrogen-bond donors (Lipinski definition) is 1. The van der Waals surface area contributed by atoms with Crippen LogP contribution < -0.4 is 0 Å². The van der Waals surface area contributed by atoms with E-state index >= 15 is 0 Å². The van der Waals surface area contributed by atoms with Gasteiger partial charge >= 0.3 is 0 Å². The first-order valence-electron chi connectivity index (χ1n) is 12.9. The minimum atomic E-state index is -2.01. The molecule has 1 aromatic rings. The molecule has 7 heteroatoms. The van der Waals surface area contributed by atoms with Crippen LogP contribution in [0.2, 0.25) is 18.1 Å². The molecule has 3 aliphatic rings. The van der Waals surface area contributed by atoms with Crippen LogP contribution in [0.4, 0.5) is 0 Å². The van der Waals surface area contributed by atoms with E-state index in [9.17, 15) is 5.11 Å². The minimum Gasteiger partial charge on any atom is -0.411 e. The van der Waals surface area contributed by atoms with Crippen molar-refractivity contribution >= 4 is 8.32 Å². The van der Waals surface area contributed by atoms with Crippen LogP contribution in [0, 0.1) is 5.92 Å². The lowest BCUT2D eigenvalue weighted by Gasteiger charge is -2.56. The van der Waals surface area contributed by atoms with Gasteiger partial charge in [-0.05, 0) is 37.4 Å². The molecule has 0 aromatic heterocycles. The number of benzene rings is 1. The molecule has 0 saturated carbocycles. The Labute approximate surface area is 206 Å². The van der Waals surface area contributed by atoms with Crippen molar-refractivity contribution in [3.8, 4) is 0 Å². The van der Waals surface area contributed by atoms with E-state index in [1.54, 1.807) is 0 Å². The second kappa shape index (κ2) is 9.92. The van der Waals surface area contributed by atoms with E-state index in [1.165, 1.54) is 0 Å². The fourth-order valence-corrected chi connectivity index (χ4v) is 6.46. The summed E-state index contributed by atoms with van der Waals surface area (Å²) in [5.74, 6) is 0.152. The molecule has 0 unspecified atom stereocenters. The fraction of sp³-hybridized carbons (Fsp3) is 0.778. The molecule has 0 aliphatic carbocycles. The van der Waals surface area contributed by atoms with Crippen LogP contribution in [0.15, 0.2) is 30.3 Å². The van der Waals surface area contributed by atoms with E-state index < -0.39 is 13.9 Å². The first-order chi connectivity index (χ1) is 15.9. The van der Waals surface area contributed by atoms with Gasteiger partial charge < -0.3 is 28.5 Å². The van der Waals surface area contributed by atoms with Crippen LogP contribution >= 0.6 is 0 Å². The Morgan fingerprint density at radius 1 is 1.15 bits per heavy atom. The molecule has 3 fully saturated rings. The van der Waals surface area contributed by atoms with Gasteiger partial charge in [0, 0.05) is 25.0 Å². The summed E-state index contributed by atoms with van der Waals surface area (Å²) in [6.45, 7) is 16.3. The number of ether oxygens (including phenoxy) is 4. The van der Waals surface area contributed by atoms with E-state index in [4.69, 9.17) is 23.4 Å². The predicted octanol–water partition coefficient (Wildman–Crippen LogP) is 5.21. The third-order valence-corrected chi connectivity index (χ3v) is 12.8. The molecule has 0 amide bonds. The van der Waals surface area contributed by atoms with Crippen molar-refractivity contribution in [2.24, 2.45) is 5.92 Å². The van der Waals surface area contributed by atoms with Crippen molar-refractivity contribution in [2.75, 3.05) is 13.2 Å². The molecular formula is C27H44O6Si. The fourth-order valence-electron chi connectivity index (χ4n) is 5.12. The molecule has 192 valence electrons. The third kappa shape index (κ3) is 5.46. The van der Waals surface area contributed by atoms with E-state index in [2.05, 4.69) is 47.7 Å². The van der Waals surface area contributed by atoms with Crippen LogP contribution in [0.1, 0.15) is 65.7 Å². The summed E-state index contributed by atoms with van der Waals surface area (Å²) in [6.07, 6.45) is 1.53. The van der Waals surface area contributed by atoms with Gasteiger partial charge in [-0.2, -0.15) is 0 Å². The summed E-state index contributed by atoms with van der Waals surface area (Å²) >= 11 is 0. The SMILES string of the molecule is C[C@@H](CO)C[C@@H]1O[C@@H]2C[C@@H]3O[C@H](c4ccccc4)OC[C@H]3O[C@@]2(C)C[C@H]1O[Si](C)(C)C(C)(C)C. The zero-order valence-electron chi connectivity index (χ0n) is 22.0. The van der Waals surface area contributed by atoms with Gasteiger partial charge in [-0.25, -0.2) is 0 Å².